The minimum absolute atomic E-state index is 0.405. The van der Waals surface area contributed by atoms with Crippen LogP contribution in [-0.2, 0) is 0 Å². The third-order valence-corrected chi connectivity index (χ3v) is 3.85. The Balaban J connectivity index is 1.80. The monoisotopic (exact) mass is 347 g/mol. The van der Waals surface area contributed by atoms with Crippen LogP contribution in [0.15, 0.2) is 59.1 Å². The first-order valence-corrected chi connectivity index (χ1v) is 8.25. The molecule has 0 aromatic heterocycles. The zero-order valence-electron chi connectivity index (χ0n) is 12.4. The SMILES string of the molecule is CCNC(CCCOc1cccc(Br)c1)c1ccccc1. The zero-order valence-corrected chi connectivity index (χ0v) is 14.0. The largest absolute Gasteiger partial charge is 0.494 e. The lowest BCUT2D eigenvalue weighted by Gasteiger charge is -2.18. The quantitative estimate of drug-likeness (QED) is 0.681. The van der Waals surface area contributed by atoms with E-state index in [1.54, 1.807) is 0 Å². The van der Waals surface area contributed by atoms with Crippen LogP contribution in [-0.4, -0.2) is 13.2 Å². The van der Waals surface area contributed by atoms with E-state index < -0.39 is 0 Å². The van der Waals surface area contributed by atoms with Gasteiger partial charge >= 0.3 is 0 Å². The molecule has 0 amide bonds. The number of rotatable bonds is 8. The van der Waals surface area contributed by atoms with Crippen LogP contribution in [0, 0.1) is 0 Å². The molecule has 0 aliphatic heterocycles. The number of hydrogen-bond acceptors (Lipinski definition) is 2. The highest BCUT2D eigenvalue weighted by Crippen LogP contribution is 2.20. The van der Waals surface area contributed by atoms with Gasteiger partial charge in [-0.2, -0.15) is 0 Å². The molecular weight excluding hydrogens is 326 g/mol. The molecule has 0 fully saturated rings. The number of halogens is 1. The lowest BCUT2D eigenvalue weighted by atomic mass is 10.0. The molecule has 2 rings (SSSR count). The maximum atomic E-state index is 5.79. The summed E-state index contributed by atoms with van der Waals surface area (Å²) in [5, 5.41) is 3.54. The Morgan fingerprint density at radius 3 is 2.62 bits per heavy atom. The van der Waals surface area contributed by atoms with Gasteiger partial charge in [-0.15, -0.1) is 0 Å². The van der Waals surface area contributed by atoms with E-state index in [-0.39, 0.29) is 0 Å². The van der Waals surface area contributed by atoms with Crippen LogP contribution in [0.1, 0.15) is 31.4 Å². The van der Waals surface area contributed by atoms with Crippen LogP contribution < -0.4 is 10.1 Å². The highest BCUT2D eigenvalue weighted by atomic mass is 79.9. The van der Waals surface area contributed by atoms with Crippen LogP contribution in [0.25, 0.3) is 0 Å². The molecule has 0 aliphatic rings. The van der Waals surface area contributed by atoms with Crippen LogP contribution in [0.4, 0.5) is 0 Å². The molecule has 0 saturated carbocycles. The number of benzene rings is 2. The highest BCUT2D eigenvalue weighted by molar-refractivity contribution is 9.10. The summed E-state index contributed by atoms with van der Waals surface area (Å²) >= 11 is 3.46. The fourth-order valence-electron chi connectivity index (χ4n) is 2.35. The maximum absolute atomic E-state index is 5.79. The van der Waals surface area contributed by atoms with Gasteiger partial charge in [-0.3, -0.25) is 0 Å². The normalized spacial score (nSPS) is 12.1. The maximum Gasteiger partial charge on any atom is 0.120 e. The summed E-state index contributed by atoms with van der Waals surface area (Å²) in [5.41, 5.74) is 1.35. The fraction of sp³-hybridized carbons (Fsp3) is 0.333. The Labute approximate surface area is 135 Å². The van der Waals surface area contributed by atoms with Crippen molar-refractivity contribution in [3.05, 3.63) is 64.6 Å². The van der Waals surface area contributed by atoms with Crippen molar-refractivity contribution in [2.24, 2.45) is 0 Å². The van der Waals surface area contributed by atoms with Gasteiger partial charge in [0.15, 0.2) is 0 Å². The predicted octanol–water partition coefficient (Wildman–Crippen LogP) is 4.96. The van der Waals surface area contributed by atoms with Crippen LogP contribution in [0.2, 0.25) is 0 Å². The van der Waals surface area contributed by atoms with E-state index in [0.717, 1.165) is 36.2 Å². The van der Waals surface area contributed by atoms with E-state index in [9.17, 15) is 0 Å². The van der Waals surface area contributed by atoms with Gasteiger partial charge in [0.25, 0.3) is 0 Å². The van der Waals surface area contributed by atoms with E-state index in [4.69, 9.17) is 4.74 Å². The Morgan fingerprint density at radius 2 is 1.90 bits per heavy atom. The van der Waals surface area contributed by atoms with E-state index in [2.05, 4.69) is 58.5 Å². The van der Waals surface area contributed by atoms with Crippen molar-refractivity contribution in [2.75, 3.05) is 13.2 Å². The molecule has 2 aromatic carbocycles. The second kappa shape index (κ2) is 8.85. The molecule has 1 unspecified atom stereocenters. The Morgan fingerprint density at radius 1 is 1.10 bits per heavy atom. The average Bonchev–Trinajstić information content (AvgIpc) is 2.51. The van der Waals surface area contributed by atoms with E-state index >= 15 is 0 Å². The van der Waals surface area contributed by atoms with Gasteiger partial charge in [0.2, 0.25) is 0 Å². The summed E-state index contributed by atoms with van der Waals surface area (Å²) in [6.45, 7) is 3.87. The summed E-state index contributed by atoms with van der Waals surface area (Å²) < 4.78 is 6.84. The van der Waals surface area contributed by atoms with Crippen molar-refractivity contribution in [1.82, 2.24) is 5.32 Å². The van der Waals surface area contributed by atoms with Gasteiger partial charge in [-0.1, -0.05) is 59.3 Å². The van der Waals surface area contributed by atoms with Crippen molar-refractivity contribution in [3.63, 3.8) is 0 Å². The van der Waals surface area contributed by atoms with Crippen molar-refractivity contribution >= 4 is 15.9 Å². The third kappa shape index (κ3) is 5.52. The average molecular weight is 348 g/mol. The van der Waals surface area contributed by atoms with Gasteiger partial charge < -0.3 is 10.1 Å². The van der Waals surface area contributed by atoms with E-state index in [1.165, 1.54) is 5.56 Å². The van der Waals surface area contributed by atoms with Gasteiger partial charge in [0, 0.05) is 10.5 Å². The van der Waals surface area contributed by atoms with Crippen molar-refractivity contribution in [2.45, 2.75) is 25.8 Å². The summed E-state index contributed by atoms with van der Waals surface area (Å²) in [6, 6.07) is 19.0. The second-order valence-corrected chi connectivity index (χ2v) is 5.88. The molecule has 112 valence electrons. The van der Waals surface area contributed by atoms with Gasteiger partial charge in [0.05, 0.1) is 6.61 Å². The first-order valence-electron chi connectivity index (χ1n) is 7.46. The van der Waals surface area contributed by atoms with Crippen LogP contribution >= 0.6 is 15.9 Å². The lowest BCUT2D eigenvalue weighted by Crippen LogP contribution is -2.21. The first kappa shape index (κ1) is 16.1. The topological polar surface area (TPSA) is 21.3 Å². The molecule has 0 saturated heterocycles. The minimum Gasteiger partial charge on any atom is -0.494 e. The Hall–Kier alpha value is -1.32. The summed E-state index contributed by atoms with van der Waals surface area (Å²) in [4.78, 5) is 0. The summed E-state index contributed by atoms with van der Waals surface area (Å²) in [6.07, 6.45) is 2.10. The summed E-state index contributed by atoms with van der Waals surface area (Å²) in [5.74, 6) is 0.920. The van der Waals surface area contributed by atoms with Crippen molar-refractivity contribution in [1.29, 1.82) is 0 Å². The molecule has 21 heavy (non-hydrogen) atoms. The second-order valence-electron chi connectivity index (χ2n) is 4.97. The first-order chi connectivity index (χ1) is 10.3. The predicted molar refractivity (Wildman–Crippen MR) is 91.7 cm³/mol. The molecule has 2 nitrogen and oxygen atoms in total. The third-order valence-electron chi connectivity index (χ3n) is 3.35. The molecule has 1 N–H and O–H groups in total. The van der Waals surface area contributed by atoms with E-state index in [0.29, 0.717) is 6.04 Å². The minimum atomic E-state index is 0.405. The molecule has 1 atom stereocenters. The van der Waals surface area contributed by atoms with E-state index in [1.807, 2.05) is 24.3 Å². The van der Waals surface area contributed by atoms with Crippen LogP contribution in [0.3, 0.4) is 0 Å². The fourth-order valence-corrected chi connectivity index (χ4v) is 2.73. The molecular formula is C18H22BrNO. The van der Waals surface area contributed by atoms with Crippen LogP contribution in [0.5, 0.6) is 5.75 Å². The Bertz CT molecular complexity index is 530. The zero-order chi connectivity index (χ0) is 14.9. The molecule has 0 bridgehead atoms. The summed E-state index contributed by atoms with van der Waals surface area (Å²) in [7, 11) is 0. The van der Waals surface area contributed by atoms with Gasteiger partial charge in [0.1, 0.15) is 5.75 Å². The highest BCUT2D eigenvalue weighted by Gasteiger charge is 2.09. The molecule has 3 heteroatoms. The number of nitrogens with one attached hydrogen (secondary N) is 1. The van der Waals surface area contributed by atoms with Crippen molar-refractivity contribution in [3.8, 4) is 5.75 Å². The molecule has 0 radical (unpaired) electrons. The van der Waals surface area contributed by atoms with Gasteiger partial charge in [-0.05, 0) is 43.1 Å². The molecule has 0 aliphatic carbocycles. The molecule has 0 spiro atoms. The van der Waals surface area contributed by atoms with Gasteiger partial charge in [-0.25, -0.2) is 0 Å². The molecule has 0 heterocycles. The number of ether oxygens (including phenoxy) is 1. The standard InChI is InChI=1S/C18H22BrNO/c1-2-20-18(15-8-4-3-5-9-15)12-7-13-21-17-11-6-10-16(19)14-17/h3-6,8-11,14,18,20H,2,7,12-13H2,1H3. The Kier molecular flexibility index (Phi) is 6.77. The molecule has 2 aromatic rings. The number of hydrogen-bond donors (Lipinski definition) is 1. The smallest absolute Gasteiger partial charge is 0.120 e. The lowest BCUT2D eigenvalue weighted by molar-refractivity contribution is 0.296. The van der Waals surface area contributed by atoms with Crippen molar-refractivity contribution < 1.29 is 4.74 Å².